The third kappa shape index (κ3) is 2.73. The smallest absolute Gasteiger partial charge is 0.323 e. The first-order valence-electron chi connectivity index (χ1n) is 8.62. The Morgan fingerprint density at radius 2 is 1.78 bits per heavy atom. The Morgan fingerprint density at radius 1 is 0.926 bits per heavy atom. The number of nitrogens with one attached hydrogen (secondary N) is 2. The molecule has 0 unspecified atom stereocenters. The molecule has 1 aromatic heterocycles. The Hall–Kier alpha value is -3.60. The summed E-state index contributed by atoms with van der Waals surface area (Å²) >= 11 is 0. The van der Waals surface area contributed by atoms with Crippen molar-refractivity contribution in [2.75, 3.05) is 0 Å². The van der Waals surface area contributed by atoms with Gasteiger partial charge in [0, 0.05) is 5.56 Å². The molecule has 2 heterocycles. The maximum absolute atomic E-state index is 14.0. The van der Waals surface area contributed by atoms with Gasteiger partial charge in [0.25, 0.3) is 0 Å². The van der Waals surface area contributed by atoms with Crippen LogP contribution in [0.4, 0.5) is 4.39 Å². The van der Waals surface area contributed by atoms with Crippen LogP contribution in [0.25, 0.3) is 22.7 Å². The van der Waals surface area contributed by atoms with Crippen LogP contribution in [-0.4, -0.2) is 9.97 Å². The minimum Gasteiger partial charge on any atom is -0.488 e. The van der Waals surface area contributed by atoms with Crippen molar-refractivity contribution in [1.29, 1.82) is 0 Å². The first-order chi connectivity index (χ1) is 13.2. The number of hydrogen-bond donors (Lipinski definition) is 2. The van der Waals surface area contributed by atoms with Gasteiger partial charge in [0.05, 0.1) is 11.0 Å². The molecule has 132 valence electrons. The summed E-state index contributed by atoms with van der Waals surface area (Å²) in [6, 6.07) is 18.2. The summed E-state index contributed by atoms with van der Waals surface area (Å²) in [6.07, 6.45) is 2.00. The molecule has 0 radical (unpaired) electrons. The standard InChI is InChI=1S/C22H15FN2O2/c23-15-7-6-14-12-27-21-4-2-1-3-16(21)18(17(14)11-15)9-13-5-8-19-20(10-13)25-22(26)24-19/h1-11H,12H2,(H2,24,25,26). The zero-order valence-electron chi connectivity index (χ0n) is 14.3. The van der Waals surface area contributed by atoms with E-state index in [-0.39, 0.29) is 11.5 Å². The summed E-state index contributed by atoms with van der Waals surface area (Å²) < 4.78 is 20.0. The quantitative estimate of drug-likeness (QED) is 0.527. The molecule has 4 nitrogen and oxygen atoms in total. The van der Waals surface area contributed by atoms with Crippen molar-refractivity contribution >= 4 is 22.7 Å². The summed E-state index contributed by atoms with van der Waals surface area (Å²) in [6.45, 7) is 0.383. The molecule has 0 saturated carbocycles. The first kappa shape index (κ1) is 15.6. The third-order valence-corrected chi connectivity index (χ3v) is 4.77. The topological polar surface area (TPSA) is 57.9 Å². The lowest BCUT2D eigenvalue weighted by atomic mass is 9.92. The van der Waals surface area contributed by atoms with Crippen molar-refractivity contribution in [3.63, 3.8) is 0 Å². The molecule has 2 N–H and O–H groups in total. The second kappa shape index (κ2) is 5.99. The van der Waals surface area contributed by atoms with Crippen LogP contribution in [0.3, 0.4) is 0 Å². The van der Waals surface area contributed by atoms with Gasteiger partial charge in [-0.3, -0.25) is 0 Å². The summed E-state index contributed by atoms with van der Waals surface area (Å²) in [5, 5.41) is 0. The molecule has 5 rings (SSSR count). The Balaban J connectivity index is 1.76. The number of hydrogen-bond acceptors (Lipinski definition) is 2. The van der Waals surface area contributed by atoms with E-state index in [1.165, 1.54) is 6.07 Å². The van der Waals surface area contributed by atoms with Crippen molar-refractivity contribution < 1.29 is 9.13 Å². The predicted octanol–water partition coefficient (Wildman–Crippen LogP) is 4.48. The van der Waals surface area contributed by atoms with Gasteiger partial charge in [-0.2, -0.15) is 0 Å². The Bertz CT molecular complexity index is 1270. The van der Waals surface area contributed by atoms with Crippen molar-refractivity contribution in [3.05, 3.63) is 99.2 Å². The monoisotopic (exact) mass is 358 g/mol. The van der Waals surface area contributed by atoms with Crippen LogP contribution in [0.2, 0.25) is 0 Å². The molecule has 4 aromatic rings. The minimum atomic E-state index is -0.288. The number of ether oxygens (including phenoxy) is 1. The van der Waals surface area contributed by atoms with E-state index in [9.17, 15) is 9.18 Å². The third-order valence-electron chi connectivity index (χ3n) is 4.77. The molecule has 1 aliphatic rings. The van der Waals surface area contributed by atoms with E-state index in [0.717, 1.165) is 44.6 Å². The number of rotatable bonds is 1. The molecule has 5 heteroatoms. The molecule has 0 spiro atoms. The van der Waals surface area contributed by atoms with Crippen LogP contribution in [0, 0.1) is 5.82 Å². The van der Waals surface area contributed by atoms with Gasteiger partial charge in [0.2, 0.25) is 0 Å². The number of para-hydroxylation sites is 1. The number of benzene rings is 3. The Labute approximate surface area is 153 Å². The number of fused-ring (bicyclic) bond motifs is 3. The average Bonchev–Trinajstić information content (AvgIpc) is 2.97. The molecular formula is C22H15FN2O2. The fourth-order valence-corrected chi connectivity index (χ4v) is 3.50. The first-order valence-corrected chi connectivity index (χ1v) is 8.62. The van der Waals surface area contributed by atoms with E-state index < -0.39 is 0 Å². The van der Waals surface area contributed by atoms with Gasteiger partial charge in [-0.05, 0) is 58.7 Å². The fourth-order valence-electron chi connectivity index (χ4n) is 3.50. The lowest BCUT2D eigenvalue weighted by Crippen LogP contribution is -1.99. The van der Waals surface area contributed by atoms with Crippen LogP contribution < -0.4 is 10.4 Å². The number of imidazole rings is 1. The van der Waals surface area contributed by atoms with E-state index in [1.807, 2.05) is 48.5 Å². The number of aromatic nitrogens is 2. The van der Waals surface area contributed by atoms with Crippen LogP contribution in [-0.2, 0) is 6.61 Å². The van der Waals surface area contributed by atoms with Crippen LogP contribution >= 0.6 is 0 Å². The zero-order chi connectivity index (χ0) is 18.4. The Kier molecular flexibility index (Phi) is 3.47. The van der Waals surface area contributed by atoms with Gasteiger partial charge in [0.15, 0.2) is 0 Å². The summed E-state index contributed by atoms with van der Waals surface area (Å²) in [5.74, 6) is 0.473. The molecule has 0 aliphatic carbocycles. The van der Waals surface area contributed by atoms with E-state index in [4.69, 9.17) is 4.74 Å². The summed E-state index contributed by atoms with van der Waals surface area (Å²) in [4.78, 5) is 17.0. The molecule has 0 fully saturated rings. The van der Waals surface area contributed by atoms with Gasteiger partial charge in [0.1, 0.15) is 18.2 Å². The van der Waals surface area contributed by atoms with E-state index in [2.05, 4.69) is 9.97 Å². The highest BCUT2D eigenvalue weighted by Gasteiger charge is 2.19. The predicted molar refractivity (Wildman–Crippen MR) is 103 cm³/mol. The maximum Gasteiger partial charge on any atom is 0.323 e. The molecule has 0 saturated heterocycles. The molecule has 0 bridgehead atoms. The molecular weight excluding hydrogens is 343 g/mol. The maximum atomic E-state index is 14.0. The fraction of sp³-hybridized carbons (Fsp3) is 0.0455. The second-order valence-corrected chi connectivity index (χ2v) is 6.53. The van der Waals surface area contributed by atoms with Crippen molar-refractivity contribution in [3.8, 4) is 5.75 Å². The molecule has 0 amide bonds. The van der Waals surface area contributed by atoms with Crippen LogP contribution in [0.1, 0.15) is 22.3 Å². The van der Waals surface area contributed by atoms with Crippen molar-refractivity contribution in [2.24, 2.45) is 0 Å². The van der Waals surface area contributed by atoms with Gasteiger partial charge in [-0.15, -0.1) is 0 Å². The van der Waals surface area contributed by atoms with E-state index >= 15 is 0 Å². The highest BCUT2D eigenvalue weighted by atomic mass is 19.1. The summed E-state index contributed by atoms with van der Waals surface area (Å²) in [5.41, 5.74) is 5.66. The van der Waals surface area contributed by atoms with Crippen LogP contribution in [0.15, 0.2) is 65.5 Å². The largest absolute Gasteiger partial charge is 0.488 e. The number of halogens is 1. The van der Waals surface area contributed by atoms with Crippen LogP contribution in [0.5, 0.6) is 5.75 Å². The van der Waals surface area contributed by atoms with E-state index in [0.29, 0.717) is 6.61 Å². The summed E-state index contributed by atoms with van der Waals surface area (Å²) in [7, 11) is 0. The second-order valence-electron chi connectivity index (χ2n) is 6.53. The van der Waals surface area contributed by atoms with E-state index in [1.54, 1.807) is 12.1 Å². The number of aromatic amines is 2. The number of H-pyrrole nitrogens is 2. The molecule has 1 aliphatic heterocycles. The van der Waals surface area contributed by atoms with Gasteiger partial charge in [-0.25, -0.2) is 9.18 Å². The van der Waals surface area contributed by atoms with Gasteiger partial charge < -0.3 is 14.7 Å². The lowest BCUT2D eigenvalue weighted by molar-refractivity contribution is 0.307. The van der Waals surface area contributed by atoms with Gasteiger partial charge in [-0.1, -0.05) is 30.3 Å². The van der Waals surface area contributed by atoms with Crippen molar-refractivity contribution in [2.45, 2.75) is 6.61 Å². The lowest BCUT2D eigenvalue weighted by Gasteiger charge is -2.11. The average molecular weight is 358 g/mol. The molecule has 3 aromatic carbocycles. The molecule has 0 atom stereocenters. The SMILES string of the molecule is O=c1[nH]c2ccc(C=C3c4cc(F)ccc4COc4ccccc43)cc2[nH]1. The normalized spacial score (nSPS) is 14.5. The van der Waals surface area contributed by atoms with Gasteiger partial charge >= 0.3 is 5.69 Å². The highest BCUT2D eigenvalue weighted by Crippen LogP contribution is 2.38. The molecule has 27 heavy (non-hydrogen) atoms. The highest BCUT2D eigenvalue weighted by molar-refractivity contribution is 5.95. The minimum absolute atomic E-state index is 0.240. The zero-order valence-corrected chi connectivity index (χ0v) is 14.3. The Morgan fingerprint density at radius 3 is 2.70 bits per heavy atom. The van der Waals surface area contributed by atoms with Crippen molar-refractivity contribution in [1.82, 2.24) is 9.97 Å².